The molecule has 0 aromatic carbocycles. The van der Waals surface area contributed by atoms with E-state index in [-0.39, 0.29) is 23.7 Å². The van der Waals surface area contributed by atoms with E-state index >= 15 is 0 Å². The van der Waals surface area contributed by atoms with Crippen molar-refractivity contribution < 1.29 is 9.53 Å². The van der Waals surface area contributed by atoms with Crippen LogP contribution in [0.2, 0.25) is 0 Å². The van der Waals surface area contributed by atoms with E-state index in [9.17, 15) is 4.79 Å². The van der Waals surface area contributed by atoms with Crippen molar-refractivity contribution in [3.8, 4) is 0 Å². The highest BCUT2D eigenvalue weighted by atomic mass is 35.5. The molecular weight excluding hydrogens is 324 g/mol. The van der Waals surface area contributed by atoms with E-state index in [1.807, 2.05) is 0 Å². The number of halogens is 1. The quantitative estimate of drug-likeness (QED) is 0.796. The monoisotopic (exact) mass is 356 g/mol. The molecule has 0 atom stereocenters. The fraction of sp³-hybridized carbons (Fsp3) is 0.947. The predicted octanol–water partition coefficient (Wildman–Crippen LogP) is 2.76. The van der Waals surface area contributed by atoms with E-state index in [0.29, 0.717) is 12.0 Å². The highest BCUT2D eigenvalue weighted by Crippen LogP contribution is 2.59. The van der Waals surface area contributed by atoms with Crippen molar-refractivity contribution >= 4 is 18.3 Å². The second-order valence-corrected chi connectivity index (χ2v) is 9.06. The lowest BCUT2D eigenvalue weighted by Crippen LogP contribution is -2.55. The molecule has 5 aliphatic rings. The second kappa shape index (κ2) is 7.13. The van der Waals surface area contributed by atoms with Gasteiger partial charge in [-0.25, -0.2) is 0 Å². The number of methoxy groups -OCH3 is 1. The van der Waals surface area contributed by atoms with Crippen molar-refractivity contribution in [3.05, 3.63) is 0 Å². The Morgan fingerprint density at radius 2 is 1.62 bits per heavy atom. The van der Waals surface area contributed by atoms with E-state index in [4.69, 9.17) is 4.74 Å². The van der Waals surface area contributed by atoms with Gasteiger partial charge in [-0.2, -0.15) is 0 Å². The molecule has 2 N–H and O–H groups in total. The first-order valence-electron chi connectivity index (χ1n) is 9.61. The number of rotatable bonds is 5. The predicted molar refractivity (Wildman–Crippen MR) is 97.3 cm³/mol. The van der Waals surface area contributed by atoms with Gasteiger partial charge in [0.1, 0.15) is 0 Å². The fourth-order valence-corrected chi connectivity index (χ4v) is 6.58. The van der Waals surface area contributed by atoms with E-state index < -0.39 is 0 Å². The zero-order valence-corrected chi connectivity index (χ0v) is 15.8. The van der Waals surface area contributed by atoms with Gasteiger partial charge in [-0.1, -0.05) is 0 Å². The van der Waals surface area contributed by atoms with E-state index in [1.165, 1.54) is 38.5 Å². The Morgan fingerprint density at radius 3 is 2.12 bits per heavy atom. The van der Waals surface area contributed by atoms with Crippen LogP contribution in [-0.2, 0) is 9.53 Å². The minimum Gasteiger partial charge on any atom is -0.384 e. The van der Waals surface area contributed by atoms with Gasteiger partial charge in [0.15, 0.2) is 0 Å². The van der Waals surface area contributed by atoms with Crippen LogP contribution in [0.15, 0.2) is 0 Å². The number of hydrogen-bond acceptors (Lipinski definition) is 3. The number of amides is 1. The molecule has 4 aliphatic carbocycles. The molecule has 4 bridgehead atoms. The first kappa shape index (κ1) is 18.5. The Bertz CT molecular complexity index is 421. The minimum atomic E-state index is -0.303. The van der Waals surface area contributed by atoms with Gasteiger partial charge in [0.05, 0.1) is 12.0 Å². The molecule has 1 saturated heterocycles. The van der Waals surface area contributed by atoms with Crippen LogP contribution >= 0.6 is 12.4 Å². The Kier molecular flexibility index (Phi) is 5.48. The molecule has 0 unspecified atom stereocenters. The molecule has 4 saturated carbocycles. The second-order valence-electron chi connectivity index (χ2n) is 9.06. The molecule has 138 valence electrons. The number of carbonyl (C=O) groups excluding carboxylic acids is 1. The largest absolute Gasteiger partial charge is 0.384 e. The number of piperidine rings is 1. The van der Waals surface area contributed by atoms with Gasteiger partial charge in [0, 0.05) is 13.7 Å². The molecule has 1 heterocycles. The third-order valence-electron chi connectivity index (χ3n) is 7.25. The van der Waals surface area contributed by atoms with Crippen molar-refractivity contribution in [2.45, 2.75) is 51.4 Å². The molecule has 1 amide bonds. The smallest absolute Gasteiger partial charge is 0.228 e. The topological polar surface area (TPSA) is 50.4 Å². The lowest BCUT2D eigenvalue weighted by Gasteiger charge is -2.57. The summed E-state index contributed by atoms with van der Waals surface area (Å²) in [6.45, 7) is 3.32. The number of ether oxygens (including phenoxy) is 1. The van der Waals surface area contributed by atoms with E-state index in [2.05, 4.69) is 10.6 Å². The zero-order chi connectivity index (χ0) is 15.9. The lowest BCUT2D eigenvalue weighted by molar-refractivity contribution is -0.138. The van der Waals surface area contributed by atoms with E-state index in [0.717, 1.165) is 50.2 Å². The molecule has 5 fully saturated rings. The average Bonchev–Trinajstić information content (AvgIpc) is 2.52. The summed E-state index contributed by atoms with van der Waals surface area (Å²) in [5.74, 6) is 3.09. The van der Waals surface area contributed by atoms with Gasteiger partial charge < -0.3 is 15.4 Å². The summed E-state index contributed by atoms with van der Waals surface area (Å²) in [6.07, 6.45) is 10.3. The summed E-state index contributed by atoms with van der Waals surface area (Å²) in [6, 6.07) is 0. The Morgan fingerprint density at radius 1 is 1.08 bits per heavy atom. The maximum atomic E-state index is 13.0. The van der Waals surface area contributed by atoms with Gasteiger partial charge in [-0.3, -0.25) is 4.79 Å². The summed E-state index contributed by atoms with van der Waals surface area (Å²) in [4.78, 5) is 13.0. The fourth-order valence-electron chi connectivity index (χ4n) is 6.58. The molecular formula is C19H33ClN2O2. The molecule has 0 spiro atoms. The minimum absolute atomic E-state index is 0. The molecule has 0 aromatic heterocycles. The van der Waals surface area contributed by atoms with Crippen LogP contribution in [0.25, 0.3) is 0 Å². The van der Waals surface area contributed by atoms with Gasteiger partial charge in [0.25, 0.3) is 0 Å². The van der Waals surface area contributed by atoms with Crippen LogP contribution in [0.3, 0.4) is 0 Å². The summed E-state index contributed by atoms with van der Waals surface area (Å²) in [5, 5.41) is 6.76. The van der Waals surface area contributed by atoms with Gasteiger partial charge in [0.2, 0.25) is 5.91 Å². The summed E-state index contributed by atoms with van der Waals surface area (Å²) < 4.78 is 5.41. The van der Waals surface area contributed by atoms with Crippen LogP contribution in [0, 0.1) is 28.6 Å². The molecule has 5 rings (SSSR count). The third-order valence-corrected chi connectivity index (χ3v) is 7.25. The van der Waals surface area contributed by atoms with Crippen molar-refractivity contribution in [1.29, 1.82) is 0 Å². The normalized spacial score (nSPS) is 39.3. The lowest BCUT2D eigenvalue weighted by atomic mass is 9.49. The van der Waals surface area contributed by atoms with E-state index in [1.54, 1.807) is 7.11 Å². The maximum Gasteiger partial charge on any atom is 0.228 e. The molecule has 24 heavy (non-hydrogen) atoms. The third kappa shape index (κ3) is 3.34. The van der Waals surface area contributed by atoms with Crippen LogP contribution < -0.4 is 10.6 Å². The molecule has 1 aliphatic heterocycles. The zero-order valence-electron chi connectivity index (χ0n) is 14.9. The van der Waals surface area contributed by atoms with Gasteiger partial charge >= 0.3 is 0 Å². The van der Waals surface area contributed by atoms with Crippen LogP contribution in [0.5, 0.6) is 0 Å². The van der Waals surface area contributed by atoms with Crippen molar-refractivity contribution in [2.75, 3.05) is 33.4 Å². The van der Waals surface area contributed by atoms with Gasteiger partial charge in [-0.05, 0) is 87.6 Å². The Hall–Kier alpha value is -0.320. The maximum absolute atomic E-state index is 13.0. The first-order valence-corrected chi connectivity index (χ1v) is 9.61. The molecule has 0 radical (unpaired) electrons. The number of hydrogen-bond donors (Lipinski definition) is 2. The van der Waals surface area contributed by atoms with Crippen LogP contribution in [-0.4, -0.2) is 39.3 Å². The standard InChI is InChI=1S/C19H32N2O2.ClH/c1-23-13-19(2-4-20-5-3-19)17(22)21-12-18-9-14-6-15(10-18)8-16(7-14)11-18;/h14-16,20H,2-13H2,1H3,(H,21,22);1H. The number of nitrogens with one attached hydrogen (secondary N) is 2. The molecule has 4 nitrogen and oxygen atoms in total. The SMILES string of the molecule is COCC1(C(=O)NCC23CC4CC(CC(C4)C2)C3)CCNCC1.Cl. The van der Waals surface area contributed by atoms with Crippen molar-refractivity contribution in [3.63, 3.8) is 0 Å². The average molecular weight is 357 g/mol. The van der Waals surface area contributed by atoms with Crippen LogP contribution in [0.1, 0.15) is 51.4 Å². The van der Waals surface area contributed by atoms with Gasteiger partial charge in [-0.15, -0.1) is 12.4 Å². The Balaban J connectivity index is 0.00000169. The number of carbonyl (C=O) groups is 1. The van der Waals surface area contributed by atoms with Crippen molar-refractivity contribution in [2.24, 2.45) is 28.6 Å². The Labute approximate surface area is 152 Å². The first-order chi connectivity index (χ1) is 11.1. The molecule has 0 aromatic rings. The molecule has 5 heteroatoms. The summed E-state index contributed by atoms with van der Waals surface area (Å²) >= 11 is 0. The highest BCUT2D eigenvalue weighted by molar-refractivity contribution is 5.85. The highest BCUT2D eigenvalue weighted by Gasteiger charge is 2.51. The summed E-state index contributed by atoms with van der Waals surface area (Å²) in [5.41, 5.74) is 0.119. The van der Waals surface area contributed by atoms with Crippen molar-refractivity contribution in [1.82, 2.24) is 10.6 Å². The summed E-state index contributed by atoms with van der Waals surface area (Å²) in [7, 11) is 1.72. The van der Waals surface area contributed by atoms with Crippen LogP contribution in [0.4, 0.5) is 0 Å².